The minimum absolute atomic E-state index is 0.264. The Labute approximate surface area is 161 Å². The van der Waals surface area contributed by atoms with Gasteiger partial charge in [0.2, 0.25) is 0 Å². The van der Waals surface area contributed by atoms with Gasteiger partial charge in [0.05, 0.1) is 5.69 Å². The van der Waals surface area contributed by atoms with Crippen molar-refractivity contribution in [1.82, 2.24) is 9.88 Å². The molecule has 0 spiro atoms. The summed E-state index contributed by atoms with van der Waals surface area (Å²) in [7, 11) is 2.09. The molecule has 0 saturated carbocycles. The second kappa shape index (κ2) is 9.16. The molecule has 0 amide bonds. The number of hydrogen-bond donors (Lipinski definition) is 0. The molecule has 0 unspecified atom stereocenters. The van der Waals surface area contributed by atoms with E-state index in [1.54, 1.807) is 35.2 Å². The molecule has 0 bridgehead atoms. The lowest BCUT2D eigenvalue weighted by Crippen LogP contribution is -2.17. The van der Waals surface area contributed by atoms with Gasteiger partial charge in [-0.2, -0.15) is 0 Å². The van der Waals surface area contributed by atoms with Gasteiger partial charge in [-0.1, -0.05) is 12.1 Å². The molecule has 0 N–H and O–H groups in total. The van der Waals surface area contributed by atoms with Crippen molar-refractivity contribution in [1.29, 1.82) is 0 Å². The van der Waals surface area contributed by atoms with Gasteiger partial charge in [0.15, 0.2) is 0 Å². The molecule has 0 aliphatic carbocycles. The summed E-state index contributed by atoms with van der Waals surface area (Å²) in [6, 6.07) is 14.7. The summed E-state index contributed by atoms with van der Waals surface area (Å²) in [5.74, 6) is 0.383. The average molecular weight is 389 g/mol. The first kappa shape index (κ1) is 18.9. The predicted octanol–water partition coefficient (Wildman–Crippen LogP) is 5.22. The van der Waals surface area contributed by atoms with Gasteiger partial charge >= 0.3 is 0 Å². The van der Waals surface area contributed by atoms with E-state index < -0.39 is 0 Å². The number of thiazole rings is 1. The van der Waals surface area contributed by atoms with Gasteiger partial charge in [-0.05, 0) is 55.3 Å². The maximum atomic E-state index is 12.9. The van der Waals surface area contributed by atoms with E-state index in [4.69, 9.17) is 4.74 Å². The van der Waals surface area contributed by atoms with Gasteiger partial charge < -0.3 is 4.74 Å². The van der Waals surface area contributed by atoms with Crippen molar-refractivity contribution in [2.24, 2.45) is 0 Å². The average Bonchev–Trinajstić information content (AvgIpc) is 3.09. The Balaban J connectivity index is 1.49. The molecule has 0 atom stereocenters. The van der Waals surface area contributed by atoms with Gasteiger partial charge in [-0.3, -0.25) is 4.90 Å². The highest BCUT2D eigenvalue weighted by Gasteiger charge is 2.07. The monoisotopic (exact) mass is 388 g/mol. The predicted molar refractivity (Wildman–Crippen MR) is 106 cm³/mol. The normalized spacial score (nSPS) is 11.1. The smallest absolute Gasteiger partial charge is 0.140 e. The van der Waals surface area contributed by atoms with Crippen molar-refractivity contribution in [2.75, 3.05) is 13.3 Å². The van der Waals surface area contributed by atoms with Crippen molar-refractivity contribution >= 4 is 23.1 Å². The first-order valence-electron chi connectivity index (χ1n) is 8.25. The van der Waals surface area contributed by atoms with Crippen LogP contribution in [0.2, 0.25) is 0 Å². The Morgan fingerprint density at radius 3 is 2.50 bits per heavy atom. The van der Waals surface area contributed by atoms with Crippen LogP contribution >= 0.6 is 23.1 Å². The lowest BCUT2D eigenvalue weighted by Gasteiger charge is -2.15. The van der Waals surface area contributed by atoms with E-state index in [0.717, 1.165) is 23.8 Å². The molecule has 0 saturated heterocycles. The summed E-state index contributed by atoms with van der Waals surface area (Å²) in [6.45, 7) is 2.07. The lowest BCUT2D eigenvalue weighted by atomic mass is 10.2. The molecule has 1 heterocycles. The van der Waals surface area contributed by atoms with Crippen LogP contribution in [-0.2, 0) is 19.7 Å². The van der Waals surface area contributed by atoms with Gasteiger partial charge in [0, 0.05) is 23.4 Å². The number of halogens is 1. The van der Waals surface area contributed by atoms with Crippen LogP contribution in [0.25, 0.3) is 0 Å². The van der Waals surface area contributed by atoms with Crippen LogP contribution in [0.5, 0.6) is 5.75 Å². The van der Waals surface area contributed by atoms with Crippen LogP contribution in [0, 0.1) is 5.82 Å². The number of nitrogens with zero attached hydrogens (tertiary/aromatic N) is 2. The number of rotatable bonds is 8. The molecule has 3 rings (SSSR count). The van der Waals surface area contributed by atoms with Crippen LogP contribution in [0.4, 0.5) is 4.39 Å². The van der Waals surface area contributed by atoms with Crippen LogP contribution in [0.3, 0.4) is 0 Å². The highest BCUT2D eigenvalue weighted by Crippen LogP contribution is 2.18. The summed E-state index contributed by atoms with van der Waals surface area (Å²) in [5.41, 5.74) is 2.33. The molecule has 136 valence electrons. The fourth-order valence-corrected chi connectivity index (χ4v) is 3.64. The minimum atomic E-state index is -0.264. The Hall–Kier alpha value is -1.89. The fourth-order valence-electron chi connectivity index (χ4n) is 2.54. The van der Waals surface area contributed by atoms with Gasteiger partial charge in [0.25, 0.3) is 0 Å². The van der Waals surface area contributed by atoms with Gasteiger partial charge in [-0.25, -0.2) is 9.37 Å². The quantitative estimate of drug-likeness (QED) is 0.494. The fraction of sp³-hybridized carbons (Fsp3) is 0.250. The summed E-state index contributed by atoms with van der Waals surface area (Å²) in [6.07, 6.45) is 2.08. The zero-order valence-electron chi connectivity index (χ0n) is 14.8. The van der Waals surface area contributed by atoms with Crippen molar-refractivity contribution < 1.29 is 9.13 Å². The zero-order chi connectivity index (χ0) is 18.4. The third kappa shape index (κ3) is 5.56. The van der Waals surface area contributed by atoms with Crippen LogP contribution in [-0.4, -0.2) is 23.2 Å². The second-order valence-electron chi connectivity index (χ2n) is 6.00. The first-order valence-corrected chi connectivity index (χ1v) is 10.4. The van der Waals surface area contributed by atoms with E-state index >= 15 is 0 Å². The van der Waals surface area contributed by atoms with Crippen molar-refractivity contribution in [2.45, 2.75) is 24.6 Å². The van der Waals surface area contributed by atoms with Gasteiger partial charge in [-0.15, -0.1) is 23.1 Å². The molecule has 6 heteroatoms. The third-order valence-corrected chi connectivity index (χ3v) is 5.43. The molecule has 2 aromatic carbocycles. The second-order valence-corrected chi connectivity index (χ2v) is 7.82. The highest BCUT2D eigenvalue weighted by molar-refractivity contribution is 7.98. The van der Waals surface area contributed by atoms with E-state index in [9.17, 15) is 4.39 Å². The summed E-state index contributed by atoms with van der Waals surface area (Å²) < 4.78 is 18.5. The van der Waals surface area contributed by atoms with E-state index in [-0.39, 0.29) is 5.82 Å². The zero-order valence-corrected chi connectivity index (χ0v) is 16.4. The van der Waals surface area contributed by atoms with Crippen LogP contribution in [0.1, 0.15) is 16.3 Å². The maximum absolute atomic E-state index is 12.9. The van der Waals surface area contributed by atoms with Crippen molar-refractivity contribution in [3.8, 4) is 5.75 Å². The molecular weight excluding hydrogens is 367 g/mol. The topological polar surface area (TPSA) is 25.4 Å². The molecule has 1 aromatic heterocycles. The number of benzene rings is 2. The Morgan fingerprint density at radius 1 is 1.08 bits per heavy atom. The molecule has 3 nitrogen and oxygen atoms in total. The van der Waals surface area contributed by atoms with E-state index in [1.807, 2.05) is 0 Å². The van der Waals surface area contributed by atoms with E-state index in [0.29, 0.717) is 12.4 Å². The Kier molecular flexibility index (Phi) is 6.66. The summed E-state index contributed by atoms with van der Waals surface area (Å²) in [4.78, 5) is 8.15. The minimum Gasteiger partial charge on any atom is -0.486 e. The molecule has 0 aliphatic heterocycles. The molecular formula is C20H21FN2OS2. The standard InChI is InChI=1S/C20H21FN2OS2/c1-23(11-15-3-9-19(25-2)10-4-15)12-17-14-26-20(22-17)13-24-18-7-5-16(21)6-8-18/h3-10,14H,11-13H2,1-2H3. The summed E-state index contributed by atoms with van der Waals surface area (Å²) >= 11 is 3.34. The van der Waals surface area contributed by atoms with Crippen molar-refractivity contribution in [3.05, 3.63) is 76.0 Å². The van der Waals surface area contributed by atoms with E-state index in [1.165, 1.54) is 22.6 Å². The molecule has 0 fully saturated rings. The molecule has 3 aromatic rings. The number of hydrogen-bond acceptors (Lipinski definition) is 5. The van der Waals surface area contributed by atoms with Crippen LogP contribution in [0.15, 0.2) is 58.8 Å². The number of ether oxygens (including phenoxy) is 1. The number of aromatic nitrogens is 1. The lowest BCUT2D eigenvalue weighted by molar-refractivity contribution is 0.300. The van der Waals surface area contributed by atoms with Gasteiger partial charge in [0.1, 0.15) is 23.2 Å². The largest absolute Gasteiger partial charge is 0.486 e. The molecule has 0 aliphatic rings. The number of thioether (sulfide) groups is 1. The third-order valence-electron chi connectivity index (χ3n) is 3.82. The summed E-state index contributed by atoms with van der Waals surface area (Å²) in [5, 5.41) is 2.98. The first-order chi connectivity index (χ1) is 12.6. The molecule has 26 heavy (non-hydrogen) atoms. The molecule has 0 radical (unpaired) electrons. The maximum Gasteiger partial charge on any atom is 0.140 e. The Morgan fingerprint density at radius 2 is 1.81 bits per heavy atom. The van der Waals surface area contributed by atoms with Crippen LogP contribution < -0.4 is 4.74 Å². The van der Waals surface area contributed by atoms with E-state index in [2.05, 4.69) is 52.8 Å². The Bertz CT molecular complexity index is 819. The van der Waals surface area contributed by atoms with Crippen molar-refractivity contribution in [3.63, 3.8) is 0 Å². The SMILES string of the molecule is CSc1ccc(CN(C)Cc2csc(COc3ccc(F)cc3)n2)cc1. The highest BCUT2D eigenvalue weighted by atomic mass is 32.2.